The molecular weight excluding hydrogens is 350 g/mol. The van der Waals surface area contributed by atoms with Crippen LogP contribution >= 0.6 is 0 Å². The highest BCUT2D eigenvalue weighted by Crippen LogP contribution is 2.25. The van der Waals surface area contributed by atoms with Crippen LogP contribution in [0.4, 0.5) is 17.6 Å². The van der Waals surface area contributed by atoms with Crippen LogP contribution in [-0.4, -0.2) is 58.3 Å². The van der Waals surface area contributed by atoms with Gasteiger partial charge in [-0.25, -0.2) is 17.5 Å². The molecule has 1 atom stereocenters. The molecule has 1 aliphatic rings. The fourth-order valence-electron chi connectivity index (χ4n) is 2.52. The van der Waals surface area contributed by atoms with Crippen LogP contribution in [0.3, 0.4) is 0 Å². The van der Waals surface area contributed by atoms with E-state index >= 15 is 0 Å². The lowest BCUT2D eigenvalue weighted by atomic mass is 10.2. The number of hydrogen-bond acceptors (Lipinski definition) is 4. The smallest absolute Gasteiger partial charge is 0.314 e. The van der Waals surface area contributed by atoms with E-state index in [0.29, 0.717) is 13.1 Å². The van der Waals surface area contributed by atoms with Crippen molar-refractivity contribution in [3.8, 4) is 0 Å². The fraction of sp³-hybridized carbons (Fsp3) is 0.571. The molecule has 0 spiro atoms. The van der Waals surface area contributed by atoms with Crippen LogP contribution < -0.4 is 10.0 Å². The number of nitrogens with zero attached hydrogens (tertiary/aromatic N) is 1. The van der Waals surface area contributed by atoms with E-state index in [1.807, 2.05) is 4.72 Å². The van der Waals surface area contributed by atoms with Crippen LogP contribution in [0.15, 0.2) is 24.3 Å². The molecule has 0 radical (unpaired) electrons. The van der Waals surface area contributed by atoms with Gasteiger partial charge in [0.2, 0.25) is 10.0 Å². The standard InChI is InChI=1S/C14H19F4N3O2S/c15-12-4-2-1-3-11(12)10-24(22,23)20-9-13(14(16,17)18)21-7-5-19-6-8-21/h1-4,13,19-20H,5-10H2. The minimum atomic E-state index is -4.56. The van der Waals surface area contributed by atoms with Crippen molar-refractivity contribution in [1.82, 2.24) is 14.9 Å². The summed E-state index contributed by atoms with van der Waals surface area (Å²) in [5.41, 5.74) is -0.0873. The number of nitrogens with one attached hydrogen (secondary N) is 2. The van der Waals surface area contributed by atoms with Crippen LogP contribution in [0.2, 0.25) is 0 Å². The summed E-state index contributed by atoms with van der Waals surface area (Å²) in [6, 6.07) is 3.35. The quantitative estimate of drug-likeness (QED) is 0.737. The Morgan fingerprint density at radius 3 is 2.42 bits per heavy atom. The second-order valence-electron chi connectivity index (χ2n) is 5.54. The predicted octanol–water partition coefficient (Wildman–Crippen LogP) is 1.08. The maximum Gasteiger partial charge on any atom is 0.405 e. The molecule has 1 aromatic carbocycles. The van der Waals surface area contributed by atoms with Gasteiger partial charge in [-0.3, -0.25) is 4.90 Å². The first-order valence-electron chi connectivity index (χ1n) is 7.41. The molecule has 136 valence electrons. The number of piperazine rings is 1. The van der Waals surface area contributed by atoms with E-state index in [-0.39, 0.29) is 18.7 Å². The highest BCUT2D eigenvalue weighted by atomic mass is 32.2. The second-order valence-corrected chi connectivity index (χ2v) is 7.35. The Balaban J connectivity index is 2.03. The molecule has 1 aliphatic heterocycles. The third kappa shape index (κ3) is 5.40. The monoisotopic (exact) mass is 369 g/mol. The Hall–Kier alpha value is -1.23. The minimum absolute atomic E-state index is 0.0873. The van der Waals surface area contributed by atoms with Crippen LogP contribution in [0.25, 0.3) is 0 Å². The zero-order chi connectivity index (χ0) is 17.8. The summed E-state index contributed by atoms with van der Waals surface area (Å²) in [6.07, 6.45) is -4.56. The Labute approximate surface area is 138 Å². The first-order chi connectivity index (χ1) is 11.2. The maximum absolute atomic E-state index is 13.5. The summed E-state index contributed by atoms with van der Waals surface area (Å²) >= 11 is 0. The number of hydrogen-bond donors (Lipinski definition) is 2. The molecule has 0 bridgehead atoms. The lowest BCUT2D eigenvalue weighted by Crippen LogP contribution is -2.57. The van der Waals surface area contributed by atoms with Gasteiger partial charge in [0.15, 0.2) is 0 Å². The summed E-state index contributed by atoms with van der Waals surface area (Å²) in [5, 5.41) is 2.94. The molecule has 24 heavy (non-hydrogen) atoms. The first kappa shape index (κ1) is 19.1. The summed E-state index contributed by atoms with van der Waals surface area (Å²) in [4.78, 5) is 1.20. The van der Waals surface area contributed by atoms with Gasteiger partial charge in [-0.2, -0.15) is 13.2 Å². The van der Waals surface area contributed by atoms with E-state index in [0.717, 1.165) is 6.07 Å². The molecule has 0 aromatic heterocycles. The van der Waals surface area contributed by atoms with Crippen molar-refractivity contribution in [2.75, 3.05) is 32.7 Å². The molecule has 1 saturated heterocycles. The first-order valence-corrected chi connectivity index (χ1v) is 9.06. The zero-order valence-corrected chi connectivity index (χ0v) is 13.6. The largest absolute Gasteiger partial charge is 0.405 e. The van der Waals surface area contributed by atoms with Gasteiger partial charge in [0.1, 0.15) is 11.9 Å². The van der Waals surface area contributed by atoms with Crippen molar-refractivity contribution in [3.05, 3.63) is 35.6 Å². The molecule has 0 saturated carbocycles. The third-order valence-electron chi connectivity index (χ3n) is 3.77. The molecule has 0 amide bonds. The fourth-order valence-corrected chi connectivity index (χ4v) is 3.68. The van der Waals surface area contributed by atoms with Crippen LogP contribution in [0, 0.1) is 5.82 Å². The van der Waals surface area contributed by atoms with Gasteiger partial charge in [-0.05, 0) is 6.07 Å². The molecule has 2 N–H and O–H groups in total. The highest BCUT2D eigenvalue weighted by molar-refractivity contribution is 7.88. The van der Waals surface area contributed by atoms with Gasteiger partial charge in [0.25, 0.3) is 0 Å². The summed E-state index contributed by atoms with van der Waals surface area (Å²) in [6.45, 7) is 0.391. The van der Waals surface area contributed by atoms with E-state index in [9.17, 15) is 26.0 Å². The van der Waals surface area contributed by atoms with Crippen molar-refractivity contribution < 1.29 is 26.0 Å². The summed E-state index contributed by atoms with van der Waals surface area (Å²) in [7, 11) is -4.08. The average molecular weight is 369 g/mol. The van der Waals surface area contributed by atoms with Crippen molar-refractivity contribution in [3.63, 3.8) is 0 Å². The zero-order valence-electron chi connectivity index (χ0n) is 12.8. The van der Waals surface area contributed by atoms with Crippen molar-refractivity contribution >= 4 is 10.0 Å². The van der Waals surface area contributed by atoms with Gasteiger partial charge in [0.05, 0.1) is 5.75 Å². The van der Waals surface area contributed by atoms with Crippen molar-refractivity contribution in [2.24, 2.45) is 0 Å². The van der Waals surface area contributed by atoms with Crippen molar-refractivity contribution in [1.29, 1.82) is 0 Å². The van der Waals surface area contributed by atoms with Crippen LogP contribution in [-0.2, 0) is 15.8 Å². The molecule has 1 unspecified atom stereocenters. The average Bonchev–Trinajstić information content (AvgIpc) is 2.49. The molecule has 1 heterocycles. The van der Waals surface area contributed by atoms with Gasteiger partial charge in [-0.1, -0.05) is 18.2 Å². The molecule has 1 fully saturated rings. The molecule has 0 aliphatic carbocycles. The Morgan fingerprint density at radius 1 is 1.21 bits per heavy atom. The number of sulfonamides is 1. The molecule has 5 nitrogen and oxygen atoms in total. The minimum Gasteiger partial charge on any atom is -0.314 e. The van der Waals surface area contributed by atoms with E-state index in [4.69, 9.17) is 0 Å². The molecule has 1 aromatic rings. The van der Waals surface area contributed by atoms with Gasteiger partial charge in [0, 0.05) is 38.3 Å². The molecule has 10 heteroatoms. The van der Waals surface area contributed by atoms with Crippen LogP contribution in [0.5, 0.6) is 0 Å². The SMILES string of the molecule is O=S(=O)(Cc1ccccc1F)NCC(N1CCNCC1)C(F)(F)F. The second kappa shape index (κ2) is 7.77. The van der Waals surface area contributed by atoms with Crippen molar-refractivity contribution in [2.45, 2.75) is 18.0 Å². The number of benzene rings is 1. The Bertz CT molecular complexity index is 646. The van der Waals surface area contributed by atoms with Gasteiger partial charge < -0.3 is 5.32 Å². The number of rotatable bonds is 6. The van der Waals surface area contributed by atoms with Crippen LogP contribution in [0.1, 0.15) is 5.56 Å². The van der Waals surface area contributed by atoms with E-state index in [2.05, 4.69) is 5.32 Å². The van der Waals surface area contributed by atoms with E-state index < -0.39 is 40.4 Å². The van der Waals surface area contributed by atoms with E-state index in [1.54, 1.807) is 0 Å². The number of halogens is 4. The lowest BCUT2D eigenvalue weighted by molar-refractivity contribution is -0.182. The predicted molar refractivity (Wildman–Crippen MR) is 81.3 cm³/mol. The van der Waals surface area contributed by atoms with Gasteiger partial charge in [-0.15, -0.1) is 0 Å². The maximum atomic E-state index is 13.5. The lowest BCUT2D eigenvalue weighted by Gasteiger charge is -2.35. The molecular formula is C14H19F4N3O2S. The third-order valence-corrected chi connectivity index (χ3v) is 5.07. The Morgan fingerprint density at radius 2 is 1.83 bits per heavy atom. The topological polar surface area (TPSA) is 61.4 Å². The van der Waals surface area contributed by atoms with Gasteiger partial charge >= 0.3 is 6.18 Å². The summed E-state index contributed by atoms with van der Waals surface area (Å²) < 4.78 is 79.1. The molecule has 2 rings (SSSR count). The Kier molecular flexibility index (Phi) is 6.18. The normalized spacial score (nSPS) is 18.5. The highest BCUT2D eigenvalue weighted by Gasteiger charge is 2.44. The van der Waals surface area contributed by atoms with E-state index in [1.165, 1.54) is 23.1 Å². The summed E-state index contributed by atoms with van der Waals surface area (Å²) in [5.74, 6) is -1.41. The number of alkyl halides is 3.